The molecule has 0 aliphatic heterocycles. The lowest BCUT2D eigenvalue weighted by molar-refractivity contribution is -0.152. The summed E-state index contributed by atoms with van der Waals surface area (Å²) >= 11 is 0. The van der Waals surface area contributed by atoms with Gasteiger partial charge in [-0.15, -0.1) is 0 Å². The van der Waals surface area contributed by atoms with Gasteiger partial charge in [0.05, 0.1) is 13.7 Å². The van der Waals surface area contributed by atoms with Crippen LogP contribution in [0.5, 0.6) is 0 Å². The van der Waals surface area contributed by atoms with E-state index in [-0.39, 0.29) is 0 Å². The Morgan fingerprint density at radius 1 is 1.38 bits per heavy atom. The summed E-state index contributed by atoms with van der Waals surface area (Å²) in [6, 6.07) is 9.65. The molecule has 0 heterocycles. The van der Waals surface area contributed by atoms with Crippen molar-refractivity contribution in [1.82, 2.24) is 0 Å². The molecule has 0 aliphatic rings. The van der Waals surface area contributed by atoms with Crippen LogP contribution in [0.2, 0.25) is 0 Å². The molecule has 86 valence electrons. The van der Waals surface area contributed by atoms with Crippen LogP contribution in [0.25, 0.3) is 0 Å². The van der Waals surface area contributed by atoms with Crippen molar-refractivity contribution in [2.45, 2.75) is 19.6 Å². The number of carbonyl (C=O) groups is 1. The summed E-state index contributed by atoms with van der Waals surface area (Å²) in [6.45, 7) is 5.82. The molecule has 0 amide bonds. The van der Waals surface area contributed by atoms with E-state index in [0.717, 1.165) is 5.56 Å². The molecule has 0 saturated heterocycles. The van der Waals surface area contributed by atoms with Gasteiger partial charge in [-0.3, -0.25) is 0 Å². The quantitative estimate of drug-likeness (QED) is 0.564. The Morgan fingerprint density at radius 3 is 2.50 bits per heavy atom. The third-order valence-electron chi connectivity index (χ3n) is 2.12. The molecule has 0 radical (unpaired) electrons. The Morgan fingerprint density at radius 2 is 2.00 bits per heavy atom. The first-order valence-electron chi connectivity index (χ1n) is 5.04. The van der Waals surface area contributed by atoms with Crippen molar-refractivity contribution < 1.29 is 14.3 Å². The average Bonchev–Trinajstić information content (AvgIpc) is 2.30. The minimum Gasteiger partial charge on any atom is -0.467 e. The molecule has 0 aliphatic carbocycles. The molecule has 0 fully saturated rings. The van der Waals surface area contributed by atoms with Gasteiger partial charge in [-0.2, -0.15) is 0 Å². The molecule has 0 saturated carbocycles. The highest BCUT2D eigenvalue weighted by atomic mass is 16.6. The van der Waals surface area contributed by atoms with Crippen LogP contribution in [-0.2, 0) is 20.9 Å². The van der Waals surface area contributed by atoms with Gasteiger partial charge in [0.2, 0.25) is 0 Å². The lowest BCUT2D eigenvalue weighted by atomic mass is 10.2. The molecular weight excluding hydrogens is 204 g/mol. The van der Waals surface area contributed by atoms with Crippen LogP contribution in [-0.4, -0.2) is 19.2 Å². The van der Waals surface area contributed by atoms with E-state index in [1.54, 1.807) is 6.92 Å². The lowest BCUT2D eigenvalue weighted by Gasteiger charge is -2.15. The molecule has 1 aromatic rings. The van der Waals surface area contributed by atoms with E-state index in [2.05, 4.69) is 11.3 Å². The van der Waals surface area contributed by atoms with Crippen molar-refractivity contribution in [3.8, 4) is 0 Å². The maximum atomic E-state index is 11.4. The fourth-order valence-electron chi connectivity index (χ4n) is 1.27. The zero-order chi connectivity index (χ0) is 12.0. The monoisotopic (exact) mass is 220 g/mol. The zero-order valence-corrected chi connectivity index (χ0v) is 9.60. The van der Waals surface area contributed by atoms with Gasteiger partial charge in [0, 0.05) is 0 Å². The van der Waals surface area contributed by atoms with E-state index in [1.165, 1.54) is 7.11 Å². The smallest absolute Gasteiger partial charge is 0.339 e. The SMILES string of the molecule is C=C(C)[C@H](OCc1ccccc1)C(=O)OC. The summed E-state index contributed by atoms with van der Waals surface area (Å²) in [4.78, 5) is 11.4. The van der Waals surface area contributed by atoms with Crippen LogP contribution in [0.1, 0.15) is 12.5 Å². The van der Waals surface area contributed by atoms with E-state index in [4.69, 9.17) is 4.74 Å². The number of ether oxygens (including phenoxy) is 2. The summed E-state index contributed by atoms with van der Waals surface area (Å²) in [7, 11) is 1.34. The third kappa shape index (κ3) is 3.51. The van der Waals surface area contributed by atoms with E-state index >= 15 is 0 Å². The van der Waals surface area contributed by atoms with Crippen LogP contribution < -0.4 is 0 Å². The van der Waals surface area contributed by atoms with Crippen molar-refractivity contribution in [2.24, 2.45) is 0 Å². The predicted molar refractivity (Wildman–Crippen MR) is 61.8 cm³/mol. The molecule has 16 heavy (non-hydrogen) atoms. The summed E-state index contributed by atoms with van der Waals surface area (Å²) in [5.74, 6) is -0.413. The zero-order valence-electron chi connectivity index (χ0n) is 9.60. The molecule has 1 aromatic carbocycles. The van der Waals surface area contributed by atoms with Crippen molar-refractivity contribution in [3.63, 3.8) is 0 Å². The molecule has 0 spiro atoms. The molecule has 0 aromatic heterocycles. The minimum absolute atomic E-state index is 0.369. The summed E-state index contributed by atoms with van der Waals surface area (Å²) in [6.07, 6.45) is -0.690. The highest BCUT2D eigenvalue weighted by molar-refractivity contribution is 5.77. The Bertz CT molecular complexity index is 357. The number of benzene rings is 1. The Hall–Kier alpha value is -1.61. The Labute approximate surface area is 95.7 Å². The van der Waals surface area contributed by atoms with Gasteiger partial charge >= 0.3 is 5.97 Å². The number of methoxy groups -OCH3 is 1. The van der Waals surface area contributed by atoms with Gasteiger partial charge in [0.15, 0.2) is 6.10 Å². The van der Waals surface area contributed by atoms with E-state index in [9.17, 15) is 4.79 Å². The Balaban J connectivity index is 2.57. The van der Waals surface area contributed by atoms with Crippen LogP contribution in [0.4, 0.5) is 0 Å². The molecular formula is C13H16O3. The molecule has 0 N–H and O–H groups in total. The minimum atomic E-state index is -0.690. The molecule has 1 rings (SSSR count). The third-order valence-corrected chi connectivity index (χ3v) is 2.12. The normalized spacial score (nSPS) is 11.9. The maximum Gasteiger partial charge on any atom is 0.339 e. The van der Waals surface area contributed by atoms with E-state index < -0.39 is 12.1 Å². The van der Waals surface area contributed by atoms with Gasteiger partial charge in [-0.1, -0.05) is 36.9 Å². The number of hydrogen-bond acceptors (Lipinski definition) is 3. The van der Waals surface area contributed by atoms with Crippen molar-refractivity contribution >= 4 is 5.97 Å². The topological polar surface area (TPSA) is 35.5 Å². The van der Waals surface area contributed by atoms with Crippen LogP contribution in [0.3, 0.4) is 0 Å². The first kappa shape index (κ1) is 12.5. The summed E-state index contributed by atoms with van der Waals surface area (Å²) < 4.78 is 10.1. The van der Waals surface area contributed by atoms with Crippen molar-refractivity contribution in [1.29, 1.82) is 0 Å². The first-order chi connectivity index (χ1) is 7.65. The number of esters is 1. The average molecular weight is 220 g/mol. The predicted octanol–water partition coefficient (Wildman–Crippen LogP) is 2.32. The highest BCUT2D eigenvalue weighted by Crippen LogP contribution is 2.10. The number of carbonyl (C=O) groups excluding carboxylic acids is 1. The summed E-state index contributed by atoms with van der Waals surface area (Å²) in [5, 5.41) is 0. The van der Waals surface area contributed by atoms with Gasteiger partial charge in [-0.05, 0) is 18.1 Å². The molecule has 1 atom stereocenters. The van der Waals surface area contributed by atoms with Gasteiger partial charge < -0.3 is 9.47 Å². The second-order valence-corrected chi connectivity index (χ2v) is 3.55. The second kappa shape index (κ2) is 6.08. The molecule has 0 unspecified atom stereocenters. The fraction of sp³-hybridized carbons (Fsp3) is 0.308. The maximum absolute atomic E-state index is 11.4. The summed E-state index contributed by atoms with van der Waals surface area (Å²) in [5.41, 5.74) is 1.65. The van der Waals surface area contributed by atoms with Gasteiger partial charge in [-0.25, -0.2) is 4.79 Å². The van der Waals surface area contributed by atoms with Crippen LogP contribution >= 0.6 is 0 Å². The number of hydrogen-bond donors (Lipinski definition) is 0. The van der Waals surface area contributed by atoms with Crippen molar-refractivity contribution in [3.05, 3.63) is 48.0 Å². The van der Waals surface area contributed by atoms with Crippen LogP contribution in [0, 0.1) is 0 Å². The second-order valence-electron chi connectivity index (χ2n) is 3.55. The van der Waals surface area contributed by atoms with Crippen molar-refractivity contribution in [2.75, 3.05) is 7.11 Å². The van der Waals surface area contributed by atoms with E-state index in [0.29, 0.717) is 12.2 Å². The lowest BCUT2D eigenvalue weighted by Crippen LogP contribution is -2.26. The Kier molecular flexibility index (Phi) is 4.73. The van der Waals surface area contributed by atoms with E-state index in [1.807, 2.05) is 30.3 Å². The molecule has 0 bridgehead atoms. The highest BCUT2D eigenvalue weighted by Gasteiger charge is 2.20. The first-order valence-corrected chi connectivity index (χ1v) is 5.04. The van der Waals surface area contributed by atoms with Gasteiger partial charge in [0.1, 0.15) is 0 Å². The largest absolute Gasteiger partial charge is 0.467 e. The fourth-order valence-corrected chi connectivity index (χ4v) is 1.27. The number of rotatable bonds is 5. The molecule has 3 nitrogen and oxygen atoms in total. The molecule has 3 heteroatoms. The van der Waals surface area contributed by atoms with Crippen LogP contribution in [0.15, 0.2) is 42.5 Å². The standard InChI is InChI=1S/C13H16O3/c1-10(2)12(13(14)15-3)16-9-11-7-5-4-6-8-11/h4-8,12H,1,9H2,2-3H3/t12-/m0/s1. The van der Waals surface area contributed by atoms with Gasteiger partial charge in [0.25, 0.3) is 0 Å².